The first-order chi connectivity index (χ1) is 14.5. The average Bonchev–Trinajstić information content (AvgIpc) is 3.16. The van der Waals surface area contributed by atoms with E-state index < -0.39 is 10.0 Å². The van der Waals surface area contributed by atoms with Crippen molar-refractivity contribution in [1.29, 1.82) is 0 Å². The molecule has 30 heavy (non-hydrogen) atoms. The molecular formula is C23H20N2O4S. The van der Waals surface area contributed by atoms with Crippen LogP contribution in [0.2, 0.25) is 0 Å². The van der Waals surface area contributed by atoms with Crippen molar-refractivity contribution in [2.45, 2.75) is 11.3 Å². The lowest BCUT2D eigenvalue weighted by molar-refractivity contribution is 0.415. The number of rotatable bonds is 7. The molecule has 0 amide bonds. The highest BCUT2D eigenvalue weighted by molar-refractivity contribution is 7.92. The predicted octanol–water partition coefficient (Wildman–Crippen LogP) is 4.74. The van der Waals surface area contributed by atoms with Gasteiger partial charge >= 0.3 is 0 Å². The molecule has 0 radical (unpaired) electrons. The lowest BCUT2D eigenvalue weighted by atomic mass is 10.1. The highest BCUT2D eigenvalue weighted by atomic mass is 32.2. The Hall–Kier alpha value is -3.58. The molecule has 0 unspecified atom stereocenters. The molecule has 0 saturated heterocycles. The first kappa shape index (κ1) is 19.7. The van der Waals surface area contributed by atoms with Gasteiger partial charge in [-0.15, -0.1) is 0 Å². The Balaban J connectivity index is 1.75. The van der Waals surface area contributed by atoms with E-state index in [0.717, 1.165) is 5.56 Å². The molecule has 0 atom stereocenters. The Morgan fingerprint density at radius 1 is 0.933 bits per heavy atom. The predicted molar refractivity (Wildman–Crippen MR) is 115 cm³/mol. The Labute approximate surface area is 175 Å². The van der Waals surface area contributed by atoms with E-state index >= 15 is 0 Å². The Morgan fingerprint density at radius 3 is 2.33 bits per heavy atom. The van der Waals surface area contributed by atoms with Crippen LogP contribution in [0.15, 0.2) is 94.2 Å². The minimum absolute atomic E-state index is 0.0676. The van der Waals surface area contributed by atoms with Gasteiger partial charge in [-0.2, -0.15) is 0 Å². The molecule has 152 valence electrons. The summed E-state index contributed by atoms with van der Waals surface area (Å²) in [6.07, 6.45) is 0.435. The van der Waals surface area contributed by atoms with Crippen LogP contribution in [0.3, 0.4) is 0 Å². The van der Waals surface area contributed by atoms with Gasteiger partial charge in [0.2, 0.25) is 11.8 Å². The van der Waals surface area contributed by atoms with Crippen LogP contribution < -0.4 is 9.46 Å². The van der Waals surface area contributed by atoms with E-state index in [1.54, 1.807) is 31.4 Å². The molecule has 0 bridgehead atoms. The number of sulfonamides is 1. The van der Waals surface area contributed by atoms with Gasteiger partial charge in [0.25, 0.3) is 10.0 Å². The van der Waals surface area contributed by atoms with Crippen molar-refractivity contribution in [2.24, 2.45) is 0 Å². The van der Waals surface area contributed by atoms with Crippen molar-refractivity contribution in [2.75, 3.05) is 11.8 Å². The second-order valence-corrected chi connectivity index (χ2v) is 8.28. The highest BCUT2D eigenvalue weighted by Gasteiger charge is 2.22. The number of hydrogen-bond acceptors (Lipinski definition) is 5. The maximum absolute atomic E-state index is 12.9. The van der Waals surface area contributed by atoms with Crippen LogP contribution in [0.1, 0.15) is 11.5 Å². The summed E-state index contributed by atoms with van der Waals surface area (Å²) < 4.78 is 39.4. The third kappa shape index (κ3) is 4.36. The van der Waals surface area contributed by atoms with E-state index in [1.165, 1.54) is 12.1 Å². The van der Waals surface area contributed by atoms with Crippen LogP contribution in [-0.4, -0.2) is 20.5 Å². The lowest BCUT2D eigenvalue weighted by Crippen LogP contribution is -2.12. The smallest absolute Gasteiger partial charge is 0.264 e. The minimum atomic E-state index is -3.83. The summed E-state index contributed by atoms with van der Waals surface area (Å²) in [5.41, 5.74) is 2.09. The van der Waals surface area contributed by atoms with E-state index in [-0.39, 0.29) is 10.8 Å². The monoisotopic (exact) mass is 420 g/mol. The topological polar surface area (TPSA) is 81.4 Å². The molecule has 0 aliphatic rings. The number of hydrogen-bond donors (Lipinski definition) is 1. The zero-order valence-electron chi connectivity index (χ0n) is 16.3. The van der Waals surface area contributed by atoms with Crippen LogP contribution in [0.5, 0.6) is 5.75 Å². The number of methoxy groups -OCH3 is 1. The Kier molecular flexibility index (Phi) is 5.54. The number of anilines is 1. The van der Waals surface area contributed by atoms with Crippen molar-refractivity contribution in [3.05, 3.63) is 96.4 Å². The Bertz CT molecular complexity index is 1240. The van der Waals surface area contributed by atoms with Gasteiger partial charge in [-0.3, -0.25) is 0 Å². The summed E-state index contributed by atoms with van der Waals surface area (Å²) in [6.45, 7) is 0. The number of aromatic nitrogens is 1. The molecule has 0 fully saturated rings. The molecule has 0 spiro atoms. The fourth-order valence-electron chi connectivity index (χ4n) is 3.03. The number of oxazole rings is 1. The number of nitrogens with zero attached hydrogens (tertiary/aromatic N) is 1. The Morgan fingerprint density at radius 2 is 1.63 bits per heavy atom. The largest absolute Gasteiger partial charge is 0.497 e. The number of nitrogens with one attached hydrogen (secondary N) is 1. The average molecular weight is 420 g/mol. The molecule has 7 heteroatoms. The number of ether oxygens (including phenoxy) is 1. The molecule has 4 aromatic rings. The fourth-order valence-corrected chi connectivity index (χ4v) is 4.04. The molecule has 1 aromatic heterocycles. The van der Waals surface area contributed by atoms with Gasteiger partial charge in [-0.05, 0) is 29.8 Å². The molecule has 6 nitrogen and oxygen atoms in total. The summed E-state index contributed by atoms with van der Waals surface area (Å²) in [7, 11) is -2.26. The maximum atomic E-state index is 12.9. The van der Waals surface area contributed by atoms with Crippen molar-refractivity contribution in [1.82, 2.24) is 4.98 Å². The van der Waals surface area contributed by atoms with E-state index in [2.05, 4.69) is 9.71 Å². The van der Waals surface area contributed by atoms with Gasteiger partial charge < -0.3 is 9.15 Å². The van der Waals surface area contributed by atoms with Gasteiger partial charge in [0.1, 0.15) is 11.4 Å². The van der Waals surface area contributed by atoms with Crippen LogP contribution in [-0.2, 0) is 16.4 Å². The van der Waals surface area contributed by atoms with Crippen LogP contribution >= 0.6 is 0 Å². The second kappa shape index (κ2) is 8.42. The van der Waals surface area contributed by atoms with E-state index in [9.17, 15) is 8.42 Å². The van der Waals surface area contributed by atoms with Gasteiger partial charge in [-0.25, -0.2) is 18.1 Å². The molecular weight excluding hydrogens is 400 g/mol. The van der Waals surface area contributed by atoms with Crippen molar-refractivity contribution in [3.8, 4) is 17.0 Å². The van der Waals surface area contributed by atoms with Gasteiger partial charge in [-0.1, -0.05) is 60.7 Å². The summed E-state index contributed by atoms with van der Waals surface area (Å²) in [5, 5.41) is 0. The van der Waals surface area contributed by atoms with E-state index in [1.807, 2.05) is 48.5 Å². The van der Waals surface area contributed by atoms with Crippen LogP contribution in [0.4, 0.5) is 5.88 Å². The molecule has 1 heterocycles. The number of benzene rings is 3. The normalized spacial score (nSPS) is 11.2. The first-order valence-electron chi connectivity index (χ1n) is 9.31. The molecule has 3 aromatic carbocycles. The van der Waals surface area contributed by atoms with Crippen LogP contribution in [0, 0.1) is 0 Å². The van der Waals surface area contributed by atoms with Crippen molar-refractivity contribution >= 4 is 15.9 Å². The van der Waals surface area contributed by atoms with E-state index in [4.69, 9.17) is 9.15 Å². The van der Waals surface area contributed by atoms with Crippen molar-refractivity contribution in [3.63, 3.8) is 0 Å². The molecule has 0 aliphatic carbocycles. The molecule has 1 N–H and O–H groups in total. The van der Waals surface area contributed by atoms with Gasteiger partial charge in [0.15, 0.2) is 0 Å². The molecule has 4 rings (SSSR count). The quantitative estimate of drug-likeness (QED) is 0.467. The second-order valence-electron chi connectivity index (χ2n) is 6.60. The zero-order chi connectivity index (χ0) is 21.0. The lowest BCUT2D eigenvalue weighted by Gasteiger charge is -2.07. The molecule has 0 aliphatic heterocycles. The third-order valence-corrected chi connectivity index (χ3v) is 5.84. The zero-order valence-corrected chi connectivity index (χ0v) is 17.1. The first-order valence-corrected chi connectivity index (χ1v) is 10.8. The summed E-state index contributed by atoms with van der Waals surface area (Å²) in [5.74, 6) is 1.11. The highest BCUT2D eigenvalue weighted by Crippen LogP contribution is 2.33. The SMILES string of the molecule is COc1cccc(-c2nc(Cc3ccccc3)oc2NS(=O)(=O)c2ccccc2)c1. The summed E-state index contributed by atoms with van der Waals surface area (Å²) >= 11 is 0. The maximum Gasteiger partial charge on any atom is 0.264 e. The summed E-state index contributed by atoms with van der Waals surface area (Å²) in [6, 6.07) is 25.1. The summed E-state index contributed by atoms with van der Waals surface area (Å²) in [4.78, 5) is 4.72. The van der Waals surface area contributed by atoms with Crippen LogP contribution in [0.25, 0.3) is 11.3 Å². The fraction of sp³-hybridized carbons (Fsp3) is 0.0870. The third-order valence-electron chi connectivity index (χ3n) is 4.49. The van der Waals surface area contributed by atoms with Gasteiger partial charge in [0, 0.05) is 12.0 Å². The standard InChI is InChI=1S/C23H20N2O4S/c1-28-19-12-8-11-18(16-19)22-23(25-30(26,27)20-13-6-3-7-14-20)29-21(24-22)15-17-9-4-2-5-10-17/h2-14,16,25H,15H2,1H3. The minimum Gasteiger partial charge on any atom is -0.497 e. The van der Waals surface area contributed by atoms with Crippen molar-refractivity contribution < 1.29 is 17.6 Å². The van der Waals surface area contributed by atoms with Gasteiger partial charge in [0.05, 0.1) is 12.0 Å². The molecule has 0 saturated carbocycles. The van der Waals surface area contributed by atoms with E-state index in [0.29, 0.717) is 29.3 Å².